The van der Waals surface area contributed by atoms with Gasteiger partial charge in [-0.25, -0.2) is 9.97 Å². The summed E-state index contributed by atoms with van der Waals surface area (Å²) in [5, 5.41) is 3.27. The van der Waals surface area contributed by atoms with E-state index in [0.29, 0.717) is 11.1 Å². The number of anilines is 1. The number of hydrogen-bond donors (Lipinski definition) is 2. The molecule has 3 N–H and O–H groups in total. The Labute approximate surface area is 101 Å². The summed E-state index contributed by atoms with van der Waals surface area (Å²) in [4.78, 5) is 8.61. The Morgan fingerprint density at radius 2 is 2.25 bits per heavy atom. The first-order chi connectivity index (χ1) is 7.49. The minimum absolute atomic E-state index is 0.280. The van der Waals surface area contributed by atoms with Crippen molar-refractivity contribution in [1.82, 2.24) is 9.97 Å². The van der Waals surface area contributed by atoms with Crippen molar-refractivity contribution in [2.75, 3.05) is 11.9 Å². The lowest BCUT2D eigenvalue weighted by Crippen LogP contribution is -2.13. The van der Waals surface area contributed by atoms with Gasteiger partial charge < -0.3 is 11.1 Å². The normalized spacial score (nSPS) is 21.5. The molecule has 0 radical (unpaired) electrons. The lowest BCUT2D eigenvalue weighted by atomic mass is 10.1. The van der Waals surface area contributed by atoms with E-state index in [1.807, 2.05) is 0 Å². The fourth-order valence-corrected chi connectivity index (χ4v) is 1.80. The smallest absolute Gasteiger partial charge is 0.144 e. The van der Waals surface area contributed by atoms with Crippen LogP contribution in [0.1, 0.15) is 26.0 Å². The van der Waals surface area contributed by atoms with E-state index in [1.54, 1.807) is 12.4 Å². The van der Waals surface area contributed by atoms with E-state index in [0.717, 1.165) is 18.3 Å². The predicted octanol–water partition coefficient (Wildman–Crippen LogP) is 1.57. The third-order valence-electron chi connectivity index (χ3n) is 3.15. The van der Waals surface area contributed by atoms with Gasteiger partial charge in [0.2, 0.25) is 0 Å². The molecule has 1 heterocycles. The molecule has 0 amide bonds. The molecule has 1 aromatic heterocycles. The average molecular weight is 236 g/mol. The number of nitrogens with zero attached hydrogens (tertiary/aromatic N) is 2. The van der Waals surface area contributed by atoms with Gasteiger partial charge in [0, 0.05) is 6.54 Å². The Hall–Kier alpha value is -1.23. The Kier molecular flexibility index (Phi) is 2.80. The molecule has 1 saturated carbocycles. The Morgan fingerprint density at radius 1 is 1.56 bits per heavy atom. The zero-order chi connectivity index (χ0) is 11.8. The van der Waals surface area contributed by atoms with Crippen LogP contribution in [0.15, 0.2) is 12.4 Å². The number of aromatic nitrogens is 2. The van der Waals surface area contributed by atoms with E-state index in [4.69, 9.17) is 18.0 Å². The molecule has 0 saturated heterocycles. The van der Waals surface area contributed by atoms with Crippen LogP contribution in [0.2, 0.25) is 0 Å². The molecule has 1 atom stereocenters. The summed E-state index contributed by atoms with van der Waals surface area (Å²) in [6.07, 6.45) is 4.55. The highest BCUT2D eigenvalue weighted by atomic mass is 32.1. The molecular formula is C11H16N4S. The van der Waals surface area contributed by atoms with E-state index in [2.05, 4.69) is 29.1 Å². The first-order valence-corrected chi connectivity index (χ1v) is 5.75. The first-order valence-electron chi connectivity index (χ1n) is 5.35. The van der Waals surface area contributed by atoms with Crippen molar-refractivity contribution in [1.29, 1.82) is 0 Å². The summed E-state index contributed by atoms with van der Waals surface area (Å²) in [6, 6.07) is 0. The summed E-state index contributed by atoms with van der Waals surface area (Å²) in [7, 11) is 0. The van der Waals surface area contributed by atoms with Crippen molar-refractivity contribution in [2.24, 2.45) is 17.1 Å². The van der Waals surface area contributed by atoms with E-state index >= 15 is 0 Å². The predicted molar refractivity (Wildman–Crippen MR) is 68.3 cm³/mol. The van der Waals surface area contributed by atoms with Crippen LogP contribution in [0.25, 0.3) is 0 Å². The van der Waals surface area contributed by atoms with E-state index in [-0.39, 0.29) is 4.99 Å². The largest absolute Gasteiger partial charge is 0.388 e. The van der Waals surface area contributed by atoms with Crippen LogP contribution in [0.4, 0.5) is 5.82 Å². The molecule has 0 spiro atoms. The van der Waals surface area contributed by atoms with Gasteiger partial charge in [-0.2, -0.15) is 0 Å². The molecule has 1 aliphatic carbocycles. The van der Waals surface area contributed by atoms with Gasteiger partial charge in [0.1, 0.15) is 16.5 Å². The molecule has 1 fully saturated rings. The molecule has 4 nitrogen and oxygen atoms in total. The van der Waals surface area contributed by atoms with Gasteiger partial charge in [0.15, 0.2) is 0 Å². The second kappa shape index (κ2) is 3.97. The monoisotopic (exact) mass is 236 g/mol. The summed E-state index contributed by atoms with van der Waals surface area (Å²) < 4.78 is 0. The minimum Gasteiger partial charge on any atom is -0.388 e. The lowest BCUT2D eigenvalue weighted by Gasteiger charge is -2.06. The highest BCUT2D eigenvalue weighted by molar-refractivity contribution is 7.80. The van der Waals surface area contributed by atoms with Crippen molar-refractivity contribution in [3.63, 3.8) is 0 Å². The van der Waals surface area contributed by atoms with Crippen molar-refractivity contribution in [3.05, 3.63) is 18.1 Å². The maximum atomic E-state index is 5.44. The highest BCUT2D eigenvalue weighted by Gasteiger charge is 2.44. The SMILES string of the molecule is CC1(C)CC1CNc1cnc(C(N)=S)cn1. The van der Waals surface area contributed by atoms with E-state index in [9.17, 15) is 0 Å². The van der Waals surface area contributed by atoms with E-state index in [1.165, 1.54) is 6.42 Å². The topological polar surface area (TPSA) is 63.8 Å². The first kappa shape index (κ1) is 11.3. The van der Waals surface area contributed by atoms with Crippen LogP contribution in [-0.2, 0) is 0 Å². The molecule has 86 valence electrons. The number of nitrogens with two attached hydrogens (primary N) is 1. The second-order valence-corrected chi connectivity index (χ2v) is 5.36. The fraction of sp³-hybridized carbons (Fsp3) is 0.545. The van der Waals surface area contributed by atoms with E-state index < -0.39 is 0 Å². The molecule has 1 unspecified atom stereocenters. The number of rotatable bonds is 4. The maximum Gasteiger partial charge on any atom is 0.144 e. The molecule has 0 aromatic carbocycles. The van der Waals surface area contributed by atoms with Crippen molar-refractivity contribution < 1.29 is 0 Å². The summed E-state index contributed by atoms with van der Waals surface area (Å²) in [5.41, 5.74) is 6.49. The fourth-order valence-electron chi connectivity index (χ4n) is 1.70. The molecule has 1 aliphatic rings. The molecule has 1 aromatic rings. The van der Waals surface area contributed by atoms with Crippen LogP contribution in [-0.4, -0.2) is 21.5 Å². The van der Waals surface area contributed by atoms with Crippen LogP contribution in [0.3, 0.4) is 0 Å². The van der Waals surface area contributed by atoms with Gasteiger partial charge in [0.25, 0.3) is 0 Å². The minimum atomic E-state index is 0.280. The van der Waals surface area contributed by atoms with Crippen LogP contribution in [0.5, 0.6) is 0 Å². The van der Waals surface area contributed by atoms with Gasteiger partial charge in [-0.05, 0) is 17.8 Å². The zero-order valence-corrected chi connectivity index (χ0v) is 10.3. The molecular weight excluding hydrogens is 220 g/mol. The molecule has 0 bridgehead atoms. The van der Waals surface area contributed by atoms with Gasteiger partial charge >= 0.3 is 0 Å². The molecule has 16 heavy (non-hydrogen) atoms. The van der Waals surface area contributed by atoms with Crippen LogP contribution < -0.4 is 11.1 Å². The number of hydrogen-bond acceptors (Lipinski definition) is 4. The summed E-state index contributed by atoms with van der Waals surface area (Å²) >= 11 is 4.81. The second-order valence-electron chi connectivity index (χ2n) is 4.92. The van der Waals surface area contributed by atoms with Crippen LogP contribution >= 0.6 is 12.2 Å². The Bertz CT molecular complexity index is 399. The third-order valence-corrected chi connectivity index (χ3v) is 3.36. The van der Waals surface area contributed by atoms with Crippen molar-refractivity contribution >= 4 is 23.0 Å². The third kappa shape index (κ3) is 2.47. The van der Waals surface area contributed by atoms with Gasteiger partial charge in [-0.1, -0.05) is 26.1 Å². The summed E-state index contributed by atoms with van der Waals surface area (Å²) in [6.45, 7) is 5.51. The van der Waals surface area contributed by atoms with Crippen molar-refractivity contribution in [3.8, 4) is 0 Å². The zero-order valence-electron chi connectivity index (χ0n) is 9.53. The molecule has 0 aliphatic heterocycles. The number of nitrogens with one attached hydrogen (secondary N) is 1. The quantitative estimate of drug-likeness (QED) is 0.777. The lowest BCUT2D eigenvalue weighted by molar-refractivity contribution is 0.573. The molecule has 2 rings (SSSR count). The van der Waals surface area contributed by atoms with Gasteiger partial charge in [-0.15, -0.1) is 0 Å². The van der Waals surface area contributed by atoms with Crippen molar-refractivity contribution in [2.45, 2.75) is 20.3 Å². The maximum absolute atomic E-state index is 5.44. The Morgan fingerprint density at radius 3 is 2.69 bits per heavy atom. The highest BCUT2D eigenvalue weighted by Crippen LogP contribution is 2.51. The average Bonchev–Trinajstić information content (AvgIpc) is 2.84. The summed E-state index contributed by atoms with van der Waals surface area (Å²) in [5.74, 6) is 1.52. The van der Waals surface area contributed by atoms with Crippen LogP contribution in [0, 0.1) is 11.3 Å². The molecule has 5 heteroatoms. The number of thiocarbonyl (C=S) groups is 1. The Balaban J connectivity index is 1.88. The van der Waals surface area contributed by atoms with Gasteiger partial charge in [0.05, 0.1) is 12.4 Å². The standard InChI is InChI=1S/C11H16N4S/c1-11(2)3-7(11)4-14-9-6-13-8(5-15-9)10(12)16/h5-7H,3-4H2,1-2H3,(H2,12,16)(H,14,15). The van der Waals surface area contributed by atoms with Gasteiger partial charge in [-0.3, -0.25) is 0 Å².